The summed E-state index contributed by atoms with van der Waals surface area (Å²) in [4.78, 5) is 17.8. The van der Waals surface area contributed by atoms with E-state index in [4.69, 9.17) is 19.8 Å². The Morgan fingerprint density at radius 2 is 0.786 bits per heavy atom. The van der Waals surface area contributed by atoms with Crippen LogP contribution in [0.1, 0.15) is 15.3 Å². The van der Waals surface area contributed by atoms with Gasteiger partial charge in [0.05, 0.1) is 0 Å². The van der Waals surface area contributed by atoms with Gasteiger partial charge in [0.1, 0.15) is 0 Å². The summed E-state index contributed by atoms with van der Waals surface area (Å²) in [7, 11) is 0. The van der Waals surface area contributed by atoms with Crippen molar-refractivity contribution in [3.63, 3.8) is 0 Å². The van der Waals surface area contributed by atoms with Gasteiger partial charge in [0.15, 0.2) is 0 Å². The van der Waals surface area contributed by atoms with E-state index in [1.807, 2.05) is 0 Å². The van der Waals surface area contributed by atoms with Gasteiger partial charge in [-0.15, -0.1) is 0 Å². The molecule has 7 nitrogen and oxygen atoms in total. The fourth-order valence-corrected chi connectivity index (χ4v) is 0. The van der Waals surface area contributed by atoms with Crippen molar-refractivity contribution in [1.29, 1.82) is 0 Å². The van der Waals surface area contributed by atoms with Crippen LogP contribution >= 0.6 is 0 Å². The van der Waals surface area contributed by atoms with E-state index in [1.54, 1.807) is 0 Å². The van der Waals surface area contributed by atoms with Crippen molar-refractivity contribution in [2.45, 2.75) is 13.8 Å². The molecule has 74 valence electrons. The van der Waals surface area contributed by atoms with Crippen LogP contribution in [0.25, 0.3) is 0 Å². The quantitative estimate of drug-likeness (QED) is 0.383. The molecular formula is C4H13Na3O7. The fraction of sp³-hybridized carbons (Fsp3) is 0.500. The molecule has 0 rings (SSSR count). The maximum atomic E-state index is 8.89. The molecule has 0 aliphatic heterocycles. The molecule has 0 aromatic heterocycles. The third kappa shape index (κ3) is 686. The molecular weight excluding hydrogens is 229 g/mol. The number of rotatable bonds is 0. The van der Waals surface area contributed by atoms with Crippen LogP contribution in [-0.4, -0.2) is 28.4 Å². The predicted molar refractivity (Wildman–Crippen MR) is 33.3 cm³/mol. The summed E-state index contributed by atoms with van der Waals surface area (Å²) in [6.07, 6.45) is 0. The van der Waals surface area contributed by atoms with Gasteiger partial charge in [-0.25, -0.2) is 0 Å². The van der Waals surface area contributed by atoms with Crippen LogP contribution < -0.4 is 98.9 Å². The monoisotopic (exact) mass is 242 g/mol. The Labute approximate surface area is 150 Å². The Bertz CT molecular complexity index is 84.2. The standard InChI is InChI=1S/2C2H4O2.3Na.3H2O.H/c2*1-2(3)4;;;;;;;/h2*1H3,(H,3,4);;;;3*1H2;/q;;3*+1;;;;-1/p-2. The van der Waals surface area contributed by atoms with Crippen LogP contribution in [0.2, 0.25) is 0 Å². The van der Waals surface area contributed by atoms with E-state index in [2.05, 4.69) is 0 Å². The topological polar surface area (TPSA) is 175 Å². The molecule has 0 aromatic carbocycles. The smallest absolute Gasteiger partial charge is 1.00 e. The number of carbonyl (C=O) groups excluding carboxylic acids is 2. The Morgan fingerprint density at radius 3 is 0.786 bits per heavy atom. The summed E-state index contributed by atoms with van der Waals surface area (Å²) in [5, 5.41) is 17.8. The first-order valence-corrected chi connectivity index (χ1v) is 1.82. The van der Waals surface area contributed by atoms with E-state index < -0.39 is 11.9 Å². The van der Waals surface area contributed by atoms with Gasteiger partial charge in [0.2, 0.25) is 0 Å². The zero-order valence-corrected chi connectivity index (χ0v) is 15.1. The van der Waals surface area contributed by atoms with E-state index in [0.29, 0.717) is 0 Å². The summed E-state index contributed by atoms with van der Waals surface area (Å²) in [5.74, 6) is -2.17. The molecule has 0 radical (unpaired) electrons. The molecule has 0 amide bonds. The minimum atomic E-state index is -1.08. The van der Waals surface area contributed by atoms with Gasteiger partial charge in [-0.05, 0) is 13.8 Å². The molecule has 0 aliphatic rings. The largest absolute Gasteiger partial charge is 1.00 e. The first-order valence-electron chi connectivity index (χ1n) is 1.82. The normalized spacial score (nSPS) is 3.57. The van der Waals surface area contributed by atoms with E-state index in [0.717, 1.165) is 13.8 Å². The van der Waals surface area contributed by atoms with Gasteiger partial charge >= 0.3 is 88.7 Å². The molecule has 0 saturated heterocycles. The molecule has 0 unspecified atom stereocenters. The van der Waals surface area contributed by atoms with Crippen molar-refractivity contribution in [3.8, 4) is 0 Å². The summed E-state index contributed by atoms with van der Waals surface area (Å²) in [6, 6.07) is 0. The van der Waals surface area contributed by atoms with Crippen molar-refractivity contribution in [3.05, 3.63) is 0 Å². The van der Waals surface area contributed by atoms with Crippen molar-refractivity contribution >= 4 is 11.9 Å². The van der Waals surface area contributed by atoms with Crippen LogP contribution in [-0.2, 0) is 9.59 Å². The molecule has 0 atom stereocenters. The van der Waals surface area contributed by atoms with Crippen molar-refractivity contribution in [2.75, 3.05) is 0 Å². The molecule has 14 heavy (non-hydrogen) atoms. The zero-order valence-electron chi connectivity index (χ0n) is 10.1. The Kier molecular flexibility index (Phi) is 188. The third-order valence-electron chi connectivity index (χ3n) is 0. The molecule has 0 saturated carbocycles. The fourth-order valence-electron chi connectivity index (χ4n) is 0. The molecule has 10 heteroatoms. The van der Waals surface area contributed by atoms with Crippen LogP contribution in [0.4, 0.5) is 0 Å². The number of carboxylic acid groups (broad SMARTS) is 2. The van der Waals surface area contributed by atoms with Gasteiger partial charge < -0.3 is 37.7 Å². The van der Waals surface area contributed by atoms with Gasteiger partial charge in [0, 0.05) is 11.9 Å². The second-order valence-corrected chi connectivity index (χ2v) is 0.983. The maximum Gasteiger partial charge on any atom is 1.00 e. The molecule has 0 bridgehead atoms. The van der Waals surface area contributed by atoms with Crippen LogP contribution in [0.5, 0.6) is 0 Å². The van der Waals surface area contributed by atoms with Crippen molar-refractivity contribution in [1.82, 2.24) is 0 Å². The minimum Gasteiger partial charge on any atom is -1.00 e. The minimum absolute atomic E-state index is 0. The van der Waals surface area contributed by atoms with Crippen molar-refractivity contribution < 1.29 is 126 Å². The molecule has 0 heterocycles. The third-order valence-corrected chi connectivity index (χ3v) is 0. The number of carboxylic acids is 2. The molecule has 0 aromatic rings. The van der Waals surface area contributed by atoms with E-state index in [9.17, 15) is 0 Å². The van der Waals surface area contributed by atoms with Crippen LogP contribution in [0.15, 0.2) is 0 Å². The van der Waals surface area contributed by atoms with E-state index in [-0.39, 0.29) is 107 Å². The van der Waals surface area contributed by atoms with Gasteiger partial charge in [0.25, 0.3) is 0 Å². The number of hydrogen-bond acceptors (Lipinski definition) is 4. The molecule has 0 aliphatic carbocycles. The average Bonchev–Trinajstić information content (AvgIpc) is 1.25. The predicted octanol–water partition coefficient (Wildman–Crippen LogP) is -13.8. The zero-order chi connectivity index (χ0) is 7.15. The molecule has 6 N–H and O–H groups in total. The summed E-state index contributed by atoms with van der Waals surface area (Å²) in [6.45, 7) is 1.94. The Morgan fingerprint density at radius 1 is 0.786 bits per heavy atom. The van der Waals surface area contributed by atoms with Gasteiger partial charge in [-0.2, -0.15) is 0 Å². The summed E-state index contributed by atoms with van der Waals surface area (Å²) >= 11 is 0. The van der Waals surface area contributed by atoms with Crippen molar-refractivity contribution in [2.24, 2.45) is 0 Å². The van der Waals surface area contributed by atoms with E-state index >= 15 is 0 Å². The number of aliphatic carboxylic acids is 2. The van der Waals surface area contributed by atoms with Crippen LogP contribution in [0.3, 0.4) is 0 Å². The summed E-state index contributed by atoms with van der Waals surface area (Å²) < 4.78 is 0. The first-order chi connectivity index (χ1) is 3.46. The van der Waals surface area contributed by atoms with E-state index in [1.165, 1.54) is 0 Å². The Balaban J connectivity index is -0.00000000468. The average molecular weight is 242 g/mol. The summed E-state index contributed by atoms with van der Waals surface area (Å²) in [5.41, 5.74) is 0. The second-order valence-electron chi connectivity index (χ2n) is 0.983. The van der Waals surface area contributed by atoms with Gasteiger partial charge in [-0.3, -0.25) is 0 Å². The number of carbonyl (C=O) groups is 2. The first kappa shape index (κ1) is 56.8. The Hall–Kier alpha value is 1.82. The SMILES string of the molecule is CC(=O)[O-].CC(=O)[O-].O.O.O.[H-].[Na+].[Na+].[Na+]. The molecule has 0 spiro atoms. The second kappa shape index (κ2) is 46.3. The molecule has 0 fully saturated rings. The maximum absolute atomic E-state index is 8.89. The van der Waals surface area contributed by atoms with Crippen LogP contribution in [0, 0.1) is 0 Å². The van der Waals surface area contributed by atoms with Gasteiger partial charge in [-0.1, -0.05) is 0 Å². The number of hydrogen-bond donors (Lipinski definition) is 0.